The van der Waals surface area contributed by atoms with Gasteiger partial charge in [-0.3, -0.25) is 4.79 Å². The third-order valence-electron chi connectivity index (χ3n) is 4.61. The summed E-state index contributed by atoms with van der Waals surface area (Å²) in [7, 11) is 0. The molecular formula is C15H26N2O4. The minimum Gasteiger partial charge on any atom is -0.481 e. The number of urea groups is 1. The molecule has 2 saturated heterocycles. The molecule has 2 aliphatic rings. The van der Waals surface area contributed by atoms with Crippen molar-refractivity contribution in [1.29, 1.82) is 0 Å². The van der Waals surface area contributed by atoms with Crippen molar-refractivity contribution in [1.82, 2.24) is 9.80 Å². The number of nitrogens with zero attached hydrogens (tertiary/aromatic N) is 2. The summed E-state index contributed by atoms with van der Waals surface area (Å²) in [5.74, 6) is -0.906. The van der Waals surface area contributed by atoms with Crippen molar-refractivity contribution in [3.63, 3.8) is 0 Å². The Morgan fingerprint density at radius 3 is 2.67 bits per heavy atom. The summed E-state index contributed by atoms with van der Waals surface area (Å²) in [6, 6.07) is -0.356. The summed E-state index contributed by atoms with van der Waals surface area (Å²) in [6.45, 7) is 6.84. The molecule has 21 heavy (non-hydrogen) atoms. The Morgan fingerprint density at radius 1 is 1.33 bits per heavy atom. The number of carbonyl (C=O) groups excluding carboxylic acids is 1. The Hall–Kier alpha value is -1.30. The zero-order chi connectivity index (χ0) is 15.4. The maximum atomic E-state index is 12.8. The summed E-state index contributed by atoms with van der Waals surface area (Å²) < 4.78 is 5.32. The maximum absolute atomic E-state index is 12.8. The Bertz CT molecular complexity index is 388. The number of ether oxygens (including phenoxy) is 1. The van der Waals surface area contributed by atoms with Crippen molar-refractivity contribution in [2.75, 3.05) is 32.8 Å². The van der Waals surface area contributed by atoms with E-state index in [9.17, 15) is 14.7 Å². The Kier molecular flexibility index (Phi) is 5.45. The highest BCUT2D eigenvalue weighted by atomic mass is 16.5. The first kappa shape index (κ1) is 16.1. The monoisotopic (exact) mass is 298 g/mol. The zero-order valence-corrected chi connectivity index (χ0v) is 13.0. The number of hydrogen-bond acceptors (Lipinski definition) is 3. The Morgan fingerprint density at radius 2 is 2.10 bits per heavy atom. The molecule has 2 heterocycles. The lowest BCUT2D eigenvalue weighted by Gasteiger charge is -2.33. The van der Waals surface area contributed by atoms with Crippen molar-refractivity contribution in [3.8, 4) is 0 Å². The van der Waals surface area contributed by atoms with Gasteiger partial charge in [0.2, 0.25) is 0 Å². The second kappa shape index (κ2) is 7.11. The van der Waals surface area contributed by atoms with Crippen molar-refractivity contribution >= 4 is 12.0 Å². The van der Waals surface area contributed by atoms with Gasteiger partial charge in [-0.15, -0.1) is 0 Å². The molecule has 6 heteroatoms. The predicted octanol–water partition coefficient (Wildman–Crippen LogP) is 1.65. The molecule has 2 aliphatic heterocycles. The number of likely N-dealkylation sites (tertiary alicyclic amines) is 1. The Balaban J connectivity index is 2.07. The highest BCUT2D eigenvalue weighted by Gasteiger charge is 2.41. The first-order valence-electron chi connectivity index (χ1n) is 7.94. The first-order chi connectivity index (χ1) is 10.1. The van der Waals surface area contributed by atoms with Gasteiger partial charge in [-0.1, -0.05) is 20.3 Å². The lowest BCUT2D eigenvalue weighted by Crippen LogP contribution is -2.51. The third-order valence-corrected chi connectivity index (χ3v) is 4.61. The van der Waals surface area contributed by atoms with Crippen LogP contribution in [0, 0.1) is 11.8 Å². The molecule has 6 nitrogen and oxygen atoms in total. The minimum atomic E-state index is -0.876. The number of carbonyl (C=O) groups is 2. The van der Waals surface area contributed by atoms with Gasteiger partial charge in [-0.2, -0.15) is 0 Å². The molecule has 2 fully saturated rings. The molecule has 2 rings (SSSR count). The molecule has 0 aromatic rings. The molecule has 0 bridgehead atoms. The molecular weight excluding hydrogens is 272 g/mol. The van der Waals surface area contributed by atoms with Crippen LogP contribution in [0.1, 0.15) is 33.1 Å². The molecule has 2 amide bonds. The maximum Gasteiger partial charge on any atom is 0.320 e. The van der Waals surface area contributed by atoms with E-state index in [0.29, 0.717) is 19.1 Å². The number of carboxylic acids is 1. The van der Waals surface area contributed by atoms with Crippen LogP contribution in [0.3, 0.4) is 0 Å². The van der Waals surface area contributed by atoms with Gasteiger partial charge in [0.05, 0.1) is 19.3 Å². The number of hydrogen-bond donors (Lipinski definition) is 1. The van der Waals surface area contributed by atoms with Crippen LogP contribution >= 0.6 is 0 Å². The van der Waals surface area contributed by atoms with E-state index in [0.717, 1.165) is 32.4 Å². The molecule has 3 atom stereocenters. The van der Waals surface area contributed by atoms with Crippen LogP contribution in [-0.2, 0) is 9.53 Å². The van der Waals surface area contributed by atoms with E-state index in [1.54, 1.807) is 4.90 Å². The van der Waals surface area contributed by atoms with E-state index in [-0.39, 0.29) is 18.7 Å². The second-order valence-corrected chi connectivity index (χ2v) is 6.03. The van der Waals surface area contributed by atoms with Gasteiger partial charge < -0.3 is 19.6 Å². The third kappa shape index (κ3) is 3.48. The summed E-state index contributed by atoms with van der Waals surface area (Å²) in [6.07, 6.45) is 2.95. The van der Waals surface area contributed by atoms with Crippen LogP contribution in [0.15, 0.2) is 0 Å². The average Bonchev–Trinajstić information content (AvgIpc) is 3.12. The highest BCUT2D eigenvalue weighted by Crippen LogP contribution is 2.25. The summed E-state index contributed by atoms with van der Waals surface area (Å²) >= 11 is 0. The van der Waals surface area contributed by atoms with E-state index < -0.39 is 11.9 Å². The van der Waals surface area contributed by atoms with Gasteiger partial charge in [-0.05, 0) is 18.8 Å². The number of carboxylic acid groups (broad SMARTS) is 1. The second-order valence-electron chi connectivity index (χ2n) is 6.03. The molecule has 0 aliphatic carbocycles. The fourth-order valence-corrected chi connectivity index (χ4v) is 3.25. The normalized spacial score (nSPS) is 28.9. The lowest BCUT2D eigenvalue weighted by atomic mass is 10.0. The molecule has 1 N–H and O–H groups in total. The molecule has 0 spiro atoms. The summed E-state index contributed by atoms with van der Waals surface area (Å²) in [5, 5.41) is 9.30. The molecule has 3 unspecified atom stereocenters. The van der Waals surface area contributed by atoms with Gasteiger partial charge in [-0.25, -0.2) is 4.79 Å². The lowest BCUT2D eigenvalue weighted by molar-refractivity contribution is -0.142. The fraction of sp³-hybridized carbons (Fsp3) is 0.867. The Labute approximate surface area is 126 Å². The van der Waals surface area contributed by atoms with Crippen LogP contribution in [-0.4, -0.2) is 65.8 Å². The number of rotatable bonds is 5. The summed E-state index contributed by atoms with van der Waals surface area (Å²) in [5.41, 5.74) is 0. The highest BCUT2D eigenvalue weighted by molar-refractivity contribution is 5.77. The van der Waals surface area contributed by atoms with Gasteiger partial charge in [0.1, 0.15) is 5.92 Å². The van der Waals surface area contributed by atoms with E-state index in [2.05, 4.69) is 6.92 Å². The first-order valence-corrected chi connectivity index (χ1v) is 7.94. The number of amides is 2. The van der Waals surface area contributed by atoms with Crippen molar-refractivity contribution in [2.45, 2.75) is 39.2 Å². The van der Waals surface area contributed by atoms with Crippen LogP contribution in [0.5, 0.6) is 0 Å². The van der Waals surface area contributed by atoms with E-state index >= 15 is 0 Å². The molecule has 120 valence electrons. The largest absolute Gasteiger partial charge is 0.481 e. The molecule has 0 aromatic carbocycles. The zero-order valence-electron chi connectivity index (χ0n) is 13.0. The number of aliphatic carboxylic acids is 1. The van der Waals surface area contributed by atoms with Crippen LogP contribution in [0.2, 0.25) is 0 Å². The van der Waals surface area contributed by atoms with E-state index in [1.165, 1.54) is 0 Å². The quantitative estimate of drug-likeness (QED) is 0.838. The van der Waals surface area contributed by atoms with Crippen LogP contribution in [0.4, 0.5) is 4.79 Å². The van der Waals surface area contributed by atoms with Gasteiger partial charge in [0.25, 0.3) is 0 Å². The SMILES string of the molecule is CCCN(C(=O)N1CCC(CC)C1)C1COCC1C(=O)O. The van der Waals surface area contributed by atoms with Gasteiger partial charge in [0.15, 0.2) is 0 Å². The predicted molar refractivity (Wildman–Crippen MR) is 78.1 cm³/mol. The van der Waals surface area contributed by atoms with Crippen molar-refractivity contribution < 1.29 is 19.4 Å². The van der Waals surface area contributed by atoms with E-state index in [1.807, 2.05) is 11.8 Å². The minimum absolute atomic E-state index is 0.0189. The van der Waals surface area contributed by atoms with Crippen LogP contribution in [0.25, 0.3) is 0 Å². The van der Waals surface area contributed by atoms with Crippen LogP contribution < -0.4 is 0 Å². The molecule has 0 radical (unpaired) electrons. The van der Waals surface area contributed by atoms with Crippen molar-refractivity contribution in [3.05, 3.63) is 0 Å². The van der Waals surface area contributed by atoms with E-state index in [4.69, 9.17) is 4.74 Å². The smallest absolute Gasteiger partial charge is 0.320 e. The van der Waals surface area contributed by atoms with Crippen molar-refractivity contribution in [2.24, 2.45) is 11.8 Å². The molecule has 0 saturated carbocycles. The molecule has 0 aromatic heterocycles. The topological polar surface area (TPSA) is 70.1 Å². The average molecular weight is 298 g/mol. The van der Waals surface area contributed by atoms with Gasteiger partial charge in [0, 0.05) is 19.6 Å². The fourth-order valence-electron chi connectivity index (χ4n) is 3.25. The van der Waals surface area contributed by atoms with Gasteiger partial charge >= 0.3 is 12.0 Å². The standard InChI is InChI=1S/C15H26N2O4/c1-3-6-17(13-10-21-9-12(13)14(18)19)15(20)16-7-5-11(4-2)8-16/h11-13H,3-10H2,1-2H3,(H,18,19). The summed E-state index contributed by atoms with van der Waals surface area (Å²) in [4.78, 5) is 27.7.